The third-order valence-corrected chi connectivity index (χ3v) is 4.02. The molecule has 3 rings (SSSR count). The van der Waals surface area contributed by atoms with E-state index in [2.05, 4.69) is 6.92 Å². The van der Waals surface area contributed by atoms with Crippen molar-refractivity contribution in [1.82, 2.24) is 4.57 Å². The van der Waals surface area contributed by atoms with Crippen molar-refractivity contribution in [2.75, 3.05) is 17.2 Å². The molecule has 0 unspecified atom stereocenters. The van der Waals surface area contributed by atoms with Gasteiger partial charge in [0.15, 0.2) is 0 Å². The molecule has 0 spiro atoms. The molecule has 2 aromatic rings. The van der Waals surface area contributed by atoms with Crippen LogP contribution in [0.25, 0.3) is 0 Å². The first-order chi connectivity index (χ1) is 10.1. The summed E-state index contributed by atoms with van der Waals surface area (Å²) in [4.78, 5) is 14.6. The van der Waals surface area contributed by atoms with Gasteiger partial charge in [0.1, 0.15) is 5.69 Å². The summed E-state index contributed by atoms with van der Waals surface area (Å²) in [5.74, 6) is -0.0352. The predicted molar refractivity (Wildman–Crippen MR) is 86.0 cm³/mol. The van der Waals surface area contributed by atoms with Gasteiger partial charge in [-0.3, -0.25) is 4.79 Å². The fraction of sp³-hybridized carbons (Fsp3) is 0.312. The molecule has 0 atom stereocenters. The molecule has 0 aliphatic carbocycles. The number of fused-ring (bicyclic) bond motifs is 1. The van der Waals surface area contributed by atoms with Crippen molar-refractivity contribution in [1.29, 1.82) is 0 Å². The SMILES string of the molecule is CCCn1cc(Cl)cc1C(=O)N1CCc2cccc(N)c21. The Morgan fingerprint density at radius 1 is 1.43 bits per heavy atom. The van der Waals surface area contributed by atoms with E-state index in [0.29, 0.717) is 22.9 Å². The van der Waals surface area contributed by atoms with E-state index in [1.54, 1.807) is 11.0 Å². The van der Waals surface area contributed by atoms with E-state index >= 15 is 0 Å². The van der Waals surface area contributed by atoms with E-state index in [1.807, 2.05) is 29.0 Å². The number of carbonyl (C=O) groups excluding carboxylic acids is 1. The van der Waals surface area contributed by atoms with E-state index in [-0.39, 0.29) is 5.91 Å². The monoisotopic (exact) mass is 303 g/mol. The van der Waals surface area contributed by atoms with Gasteiger partial charge in [0.05, 0.1) is 16.4 Å². The lowest BCUT2D eigenvalue weighted by Gasteiger charge is -2.20. The van der Waals surface area contributed by atoms with E-state index in [0.717, 1.165) is 30.6 Å². The van der Waals surface area contributed by atoms with Crippen molar-refractivity contribution < 1.29 is 4.79 Å². The van der Waals surface area contributed by atoms with Crippen molar-refractivity contribution in [3.05, 3.63) is 46.7 Å². The zero-order valence-electron chi connectivity index (χ0n) is 12.0. The van der Waals surface area contributed by atoms with Crippen LogP contribution in [0.15, 0.2) is 30.5 Å². The standard InChI is InChI=1S/C16H18ClN3O/c1-2-7-19-10-12(17)9-14(19)16(21)20-8-6-11-4-3-5-13(18)15(11)20/h3-5,9-10H,2,6-8,18H2,1H3. The second-order valence-electron chi connectivity index (χ2n) is 5.30. The maximum absolute atomic E-state index is 12.9. The van der Waals surface area contributed by atoms with Crippen LogP contribution in [0.1, 0.15) is 29.4 Å². The van der Waals surface area contributed by atoms with Crippen LogP contribution < -0.4 is 10.6 Å². The molecular weight excluding hydrogens is 286 g/mol. The molecule has 110 valence electrons. The van der Waals surface area contributed by atoms with Crippen molar-refractivity contribution in [3.63, 3.8) is 0 Å². The Morgan fingerprint density at radius 2 is 2.24 bits per heavy atom. The van der Waals surface area contributed by atoms with Crippen molar-refractivity contribution in [2.45, 2.75) is 26.3 Å². The lowest BCUT2D eigenvalue weighted by Crippen LogP contribution is -2.31. The number of aromatic nitrogens is 1. The number of aryl methyl sites for hydroxylation is 1. The molecule has 1 amide bonds. The fourth-order valence-corrected chi connectivity index (χ4v) is 3.13. The number of amides is 1. The first-order valence-corrected chi connectivity index (χ1v) is 7.54. The average molecular weight is 304 g/mol. The number of para-hydroxylation sites is 1. The Morgan fingerprint density at radius 3 is 3.00 bits per heavy atom. The fourth-order valence-electron chi connectivity index (χ4n) is 2.91. The quantitative estimate of drug-likeness (QED) is 0.884. The topological polar surface area (TPSA) is 51.3 Å². The number of nitrogen functional groups attached to an aromatic ring is 1. The van der Waals surface area contributed by atoms with Crippen LogP contribution in [0.3, 0.4) is 0 Å². The van der Waals surface area contributed by atoms with Gasteiger partial charge in [-0.1, -0.05) is 30.7 Å². The average Bonchev–Trinajstić information content (AvgIpc) is 3.03. The summed E-state index contributed by atoms with van der Waals surface area (Å²) in [7, 11) is 0. The Kier molecular flexibility index (Phi) is 3.64. The number of nitrogens with zero attached hydrogens (tertiary/aromatic N) is 2. The Labute approximate surface area is 129 Å². The summed E-state index contributed by atoms with van der Waals surface area (Å²) in [6.07, 6.45) is 3.60. The zero-order valence-corrected chi connectivity index (χ0v) is 12.7. The highest BCUT2D eigenvalue weighted by atomic mass is 35.5. The molecule has 5 heteroatoms. The number of nitrogens with two attached hydrogens (primary N) is 1. The van der Waals surface area contributed by atoms with Crippen LogP contribution in [0.5, 0.6) is 0 Å². The minimum atomic E-state index is -0.0352. The number of halogens is 1. The van der Waals surface area contributed by atoms with Gasteiger partial charge < -0.3 is 15.2 Å². The molecule has 2 N–H and O–H groups in total. The first-order valence-electron chi connectivity index (χ1n) is 7.16. The number of anilines is 2. The highest BCUT2D eigenvalue weighted by molar-refractivity contribution is 6.31. The number of hydrogen-bond donors (Lipinski definition) is 1. The summed E-state index contributed by atoms with van der Waals surface area (Å²) < 4.78 is 1.92. The zero-order chi connectivity index (χ0) is 15.0. The minimum absolute atomic E-state index is 0.0352. The largest absolute Gasteiger partial charge is 0.397 e. The van der Waals surface area contributed by atoms with Gasteiger partial charge in [0.2, 0.25) is 0 Å². The molecule has 1 aromatic heterocycles. The van der Waals surface area contributed by atoms with Gasteiger partial charge >= 0.3 is 0 Å². The lowest BCUT2D eigenvalue weighted by atomic mass is 10.1. The normalized spacial score (nSPS) is 13.5. The Balaban J connectivity index is 1.98. The second-order valence-corrected chi connectivity index (χ2v) is 5.74. The van der Waals surface area contributed by atoms with Crippen LogP contribution in [0, 0.1) is 0 Å². The van der Waals surface area contributed by atoms with Crippen LogP contribution >= 0.6 is 11.6 Å². The highest BCUT2D eigenvalue weighted by Crippen LogP contribution is 2.34. The third kappa shape index (κ3) is 2.40. The Bertz CT molecular complexity index is 693. The highest BCUT2D eigenvalue weighted by Gasteiger charge is 2.29. The molecule has 1 aliphatic rings. The van der Waals surface area contributed by atoms with Crippen LogP contribution in [0.2, 0.25) is 5.02 Å². The molecule has 1 aromatic carbocycles. The van der Waals surface area contributed by atoms with Gasteiger partial charge in [-0.15, -0.1) is 0 Å². The maximum atomic E-state index is 12.9. The minimum Gasteiger partial charge on any atom is -0.397 e. The van der Waals surface area contributed by atoms with Gasteiger partial charge in [0.25, 0.3) is 5.91 Å². The molecule has 0 bridgehead atoms. The molecule has 0 saturated carbocycles. The first kappa shape index (κ1) is 14.0. The van der Waals surface area contributed by atoms with Crippen molar-refractivity contribution in [2.24, 2.45) is 0 Å². The summed E-state index contributed by atoms with van der Waals surface area (Å²) >= 11 is 6.07. The molecule has 21 heavy (non-hydrogen) atoms. The van der Waals surface area contributed by atoms with Gasteiger partial charge in [-0.05, 0) is 30.5 Å². The van der Waals surface area contributed by atoms with Gasteiger partial charge in [-0.25, -0.2) is 0 Å². The molecule has 4 nitrogen and oxygen atoms in total. The van der Waals surface area contributed by atoms with Crippen molar-refractivity contribution in [3.8, 4) is 0 Å². The Hall–Kier alpha value is -1.94. The van der Waals surface area contributed by atoms with Gasteiger partial charge in [-0.2, -0.15) is 0 Å². The molecular formula is C16H18ClN3O. The number of hydrogen-bond acceptors (Lipinski definition) is 2. The van der Waals surface area contributed by atoms with E-state index in [1.165, 1.54) is 0 Å². The van der Waals surface area contributed by atoms with Gasteiger partial charge in [0, 0.05) is 19.3 Å². The molecule has 2 heterocycles. The van der Waals surface area contributed by atoms with Crippen LogP contribution in [-0.4, -0.2) is 17.0 Å². The summed E-state index contributed by atoms with van der Waals surface area (Å²) in [5.41, 5.74) is 9.31. The number of rotatable bonds is 3. The van der Waals surface area contributed by atoms with Crippen LogP contribution in [-0.2, 0) is 13.0 Å². The third-order valence-electron chi connectivity index (χ3n) is 3.82. The van der Waals surface area contributed by atoms with Crippen LogP contribution in [0.4, 0.5) is 11.4 Å². The lowest BCUT2D eigenvalue weighted by molar-refractivity contribution is 0.0980. The molecule has 0 radical (unpaired) electrons. The predicted octanol–water partition coefficient (Wildman–Crippen LogP) is 3.34. The molecule has 0 saturated heterocycles. The summed E-state index contributed by atoms with van der Waals surface area (Å²) in [6.45, 7) is 3.52. The van der Waals surface area contributed by atoms with E-state index in [4.69, 9.17) is 17.3 Å². The number of benzene rings is 1. The smallest absolute Gasteiger partial charge is 0.275 e. The number of carbonyl (C=O) groups is 1. The summed E-state index contributed by atoms with van der Waals surface area (Å²) in [6, 6.07) is 7.52. The van der Waals surface area contributed by atoms with E-state index < -0.39 is 0 Å². The molecule has 0 fully saturated rings. The summed E-state index contributed by atoms with van der Waals surface area (Å²) in [5, 5.41) is 0.590. The maximum Gasteiger partial charge on any atom is 0.275 e. The molecule has 1 aliphatic heterocycles. The second kappa shape index (κ2) is 5.45. The van der Waals surface area contributed by atoms with E-state index in [9.17, 15) is 4.79 Å². The van der Waals surface area contributed by atoms with Crippen molar-refractivity contribution >= 4 is 28.9 Å².